The van der Waals surface area contributed by atoms with Gasteiger partial charge in [0.15, 0.2) is 0 Å². The van der Waals surface area contributed by atoms with Gasteiger partial charge in [-0.2, -0.15) is 5.10 Å². The molecule has 2 heterocycles. The lowest BCUT2D eigenvalue weighted by atomic mass is 10.1. The monoisotopic (exact) mass is 420 g/mol. The molecule has 0 saturated heterocycles. The number of nitrogens with one attached hydrogen (secondary N) is 1. The molecule has 4 rings (SSSR count). The molecule has 8 heteroatoms. The minimum Gasteiger partial charge on any atom is -0.392 e. The molecule has 0 aliphatic carbocycles. The van der Waals surface area contributed by atoms with Crippen LogP contribution in [0, 0.1) is 19.7 Å². The second-order valence-corrected chi connectivity index (χ2v) is 7.36. The summed E-state index contributed by atoms with van der Waals surface area (Å²) in [6.07, 6.45) is 3.02. The van der Waals surface area contributed by atoms with E-state index in [2.05, 4.69) is 10.4 Å². The van der Waals surface area contributed by atoms with Gasteiger partial charge in [0.25, 0.3) is 5.56 Å². The van der Waals surface area contributed by atoms with Crippen LogP contribution >= 0.6 is 0 Å². The standard InChI is InChI=1S/C23H21FN4O3/c1-14-3-8-18(11-15(14)2)25-20(30)12-27-9-10-28-22(23(27)31)19(13-29)21(26-28)16-4-6-17(24)7-5-16/h3-11,29H,12-13H2,1-2H3,(H,25,30). The molecular formula is C23H21FN4O3. The van der Waals surface area contributed by atoms with E-state index in [1.807, 2.05) is 32.0 Å². The van der Waals surface area contributed by atoms with Gasteiger partial charge >= 0.3 is 0 Å². The summed E-state index contributed by atoms with van der Waals surface area (Å²) >= 11 is 0. The van der Waals surface area contributed by atoms with Crippen LogP contribution < -0.4 is 10.9 Å². The number of hydrogen-bond donors (Lipinski definition) is 2. The molecule has 1 amide bonds. The molecule has 2 aromatic carbocycles. The molecule has 31 heavy (non-hydrogen) atoms. The number of halogens is 1. The number of fused-ring (bicyclic) bond motifs is 1. The van der Waals surface area contributed by atoms with Gasteiger partial charge in [0.1, 0.15) is 17.9 Å². The van der Waals surface area contributed by atoms with Crippen molar-refractivity contribution < 1.29 is 14.3 Å². The smallest absolute Gasteiger partial charge is 0.277 e. The summed E-state index contributed by atoms with van der Waals surface area (Å²) in [6, 6.07) is 11.2. The van der Waals surface area contributed by atoms with Gasteiger partial charge in [-0.1, -0.05) is 6.07 Å². The molecule has 158 valence electrons. The van der Waals surface area contributed by atoms with Crippen LogP contribution in [0.4, 0.5) is 10.1 Å². The van der Waals surface area contributed by atoms with Gasteiger partial charge in [-0.25, -0.2) is 8.91 Å². The molecule has 4 aromatic rings. The summed E-state index contributed by atoms with van der Waals surface area (Å²) in [5.74, 6) is -0.742. The largest absolute Gasteiger partial charge is 0.392 e. The van der Waals surface area contributed by atoms with Gasteiger partial charge in [0.2, 0.25) is 5.91 Å². The van der Waals surface area contributed by atoms with Crippen molar-refractivity contribution in [3.63, 3.8) is 0 Å². The molecule has 0 atom stereocenters. The van der Waals surface area contributed by atoms with Gasteiger partial charge in [-0.15, -0.1) is 0 Å². The van der Waals surface area contributed by atoms with Crippen molar-refractivity contribution in [2.75, 3.05) is 5.32 Å². The number of rotatable bonds is 5. The van der Waals surface area contributed by atoms with E-state index in [0.717, 1.165) is 11.1 Å². The Labute approximate surface area is 177 Å². The summed E-state index contributed by atoms with van der Waals surface area (Å²) in [7, 11) is 0. The molecule has 0 bridgehead atoms. The highest BCUT2D eigenvalue weighted by Gasteiger charge is 2.18. The Balaban J connectivity index is 1.67. The van der Waals surface area contributed by atoms with Crippen molar-refractivity contribution in [1.82, 2.24) is 14.2 Å². The SMILES string of the molecule is Cc1ccc(NC(=O)Cn2ccn3nc(-c4ccc(F)cc4)c(CO)c3c2=O)cc1C. The van der Waals surface area contributed by atoms with Gasteiger partial charge in [-0.3, -0.25) is 9.59 Å². The van der Waals surface area contributed by atoms with Crippen molar-refractivity contribution in [3.05, 3.63) is 87.7 Å². The fourth-order valence-electron chi connectivity index (χ4n) is 3.44. The number of aliphatic hydroxyl groups is 1. The van der Waals surface area contributed by atoms with Gasteiger partial charge in [-0.05, 0) is 61.4 Å². The minimum absolute atomic E-state index is 0.170. The maximum Gasteiger partial charge on any atom is 0.277 e. The number of nitrogens with zero attached hydrogens (tertiary/aromatic N) is 3. The van der Waals surface area contributed by atoms with Crippen LogP contribution in [0.3, 0.4) is 0 Å². The lowest BCUT2D eigenvalue weighted by Crippen LogP contribution is -2.28. The number of aromatic nitrogens is 3. The number of carbonyl (C=O) groups excluding carboxylic acids is 1. The van der Waals surface area contributed by atoms with E-state index in [0.29, 0.717) is 22.5 Å². The topological polar surface area (TPSA) is 88.6 Å². The number of carbonyl (C=O) groups is 1. The second kappa shape index (κ2) is 8.16. The van der Waals surface area contributed by atoms with E-state index < -0.39 is 18.0 Å². The fourth-order valence-corrected chi connectivity index (χ4v) is 3.44. The molecular weight excluding hydrogens is 399 g/mol. The van der Waals surface area contributed by atoms with E-state index >= 15 is 0 Å². The molecule has 0 fully saturated rings. The van der Waals surface area contributed by atoms with Crippen molar-refractivity contribution in [1.29, 1.82) is 0 Å². The van der Waals surface area contributed by atoms with Crippen LogP contribution in [0.25, 0.3) is 16.8 Å². The second-order valence-electron chi connectivity index (χ2n) is 7.36. The summed E-state index contributed by atoms with van der Waals surface area (Å²) in [4.78, 5) is 25.5. The van der Waals surface area contributed by atoms with Gasteiger partial charge < -0.3 is 15.0 Å². The number of anilines is 1. The molecule has 7 nitrogen and oxygen atoms in total. The number of amides is 1. The Bertz CT molecular complexity index is 1340. The average molecular weight is 420 g/mol. The summed E-state index contributed by atoms with van der Waals surface area (Å²) in [5, 5.41) is 17.1. The maximum absolute atomic E-state index is 13.3. The normalized spacial score (nSPS) is 11.1. The third-order valence-corrected chi connectivity index (χ3v) is 5.24. The number of hydrogen-bond acceptors (Lipinski definition) is 4. The van der Waals surface area contributed by atoms with Crippen molar-refractivity contribution >= 4 is 17.1 Å². The highest BCUT2D eigenvalue weighted by molar-refractivity contribution is 5.90. The Morgan fingerprint density at radius 2 is 1.84 bits per heavy atom. The first-order valence-electron chi connectivity index (χ1n) is 9.72. The minimum atomic E-state index is -0.456. The number of aryl methyl sites for hydroxylation is 2. The quantitative estimate of drug-likeness (QED) is 0.519. The lowest BCUT2D eigenvalue weighted by molar-refractivity contribution is -0.116. The molecule has 2 N–H and O–H groups in total. The third-order valence-electron chi connectivity index (χ3n) is 5.24. The van der Waals surface area contributed by atoms with Crippen molar-refractivity contribution in [3.8, 4) is 11.3 Å². The molecule has 0 spiro atoms. The first-order valence-corrected chi connectivity index (χ1v) is 9.72. The van der Waals surface area contributed by atoms with Crippen molar-refractivity contribution in [2.45, 2.75) is 27.0 Å². The van der Waals surface area contributed by atoms with E-state index in [1.54, 1.807) is 6.20 Å². The zero-order valence-electron chi connectivity index (χ0n) is 17.1. The molecule has 0 aliphatic heterocycles. The highest BCUT2D eigenvalue weighted by Crippen LogP contribution is 2.25. The summed E-state index contributed by atoms with van der Waals surface area (Å²) < 4.78 is 15.9. The molecule has 0 saturated carbocycles. The van der Waals surface area contributed by atoms with Crippen LogP contribution in [0.2, 0.25) is 0 Å². The predicted octanol–water partition coefficient (Wildman–Crippen LogP) is 3.05. The molecule has 0 radical (unpaired) electrons. The van der Waals surface area contributed by atoms with E-state index in [4.69, 9.17) is 0 Å². The van der Waals surface area contributed by atoms with Gasteiger partial charge in [0, 0.05) is 29.2 Å². The van der Waals surface area contributed by atoms with Crippen LogP contribution in [-0.2, 0) is 17.9 Å². The Morgan fingerprint density at radius 3 is 2.52 bits per heavy atom. The van der Waals surface area contributed by atoms with Crippen LogP contribution in [0.15, 0.2) is 59.7 Å². The Morgan fingerprint density at radius 1 is 1.10 bits per heavy atom. The first-order chi connectivity index (χ1) is 14.9. The van der Waals surface area contributed by atoms with Crippen molar-refractivity contribution in [2.24, 2.45) is 0 Å². The summed E-state index contributed by atoms with van der Waals surface area (Å²) in [6.45, 7) is 3.33. The highest BCUT2D eigenvalue weighted by atomic mass is 19.1. The average Bonchev–Trinajstić information content (AvgIpc) is 3.13. The van der Waals surface area contributed by atoms with Crippen LogP contribution in [-0.4, -0.2) is 25.2 Å². The van der Waals surface area contributed by atoms with E-state index in [1.165, 1.54) is 39.5 Å². The zero-order chi connectivity index (χ0) is 22.1. The third kappa shape index (κ3) is 3.97. The molecule has 0 unspecified atom stereocenters. The first kappa shape index (κ1) is 20.5. The van der Waals surface area contributed by atoms with E-state index in [9.17, 15) is 19.1 Å². The molecule has 0 aliphatic rings. The van der Waals surface area contributed by atoms with Gasteiger partial charge in [0.05, 0.1) is 12.3 Å². The predicted molar refractivity (Wildman–Crippen MR) is 115 cm³/mol. The maximum atomic E-state index is 13.3. The Kier molecular flexibility index (Phi) is 5.39. The summed E-state index contributed by atoms with van der Waals surface area (Å²) in [5.41, 5.74) is 3.82. The van der Waals surface area contributed by atoms with Crippen LogP contribution in [0.1, 0.15) is 16.7 Å². The number of benzene rings is 2. The van der Waals surface area contributed by atoms with Crippen LogP contribution in [0.5, 0.6) is 0 Å². The number of aliphatic hydroxyl groups excluding tert-OH is 1. The fraction of sp³-hybridized carbons (Fsp3) is 0.174. The molecule has 2 aromatic heterocycles. The zero-order valence-corrected chi connectivity index (χ0v) is 17.1. The Hall–Kier alpha value is -3.78. The van der Waals surface area contributed by atoms with E-state index in [-0.39, 0.29) is 18.0 Å². The lowest BCUT2D eigenvalue weighted by Gasteiger charge is -2.09.